The molecule has 3 aromatic rings. The van der Waals surface area contributed by atoms with Crippen LogP contribution in [-0.2, 0) is 19.8 Å². The highest BCUT2D eigenvalue weighted by molar-refractivity contribution is 5.58. The third-order valence-electron chi connectivity index (χ3n) is 3.77. The first-order valence-electron chi connectivity index (χ1n) is 7.60. The second-order valence-electron chi connectivity index (χ2n) is 5.67. The van der Waals surface area contributed by atoms with E-state index < -0.39 is 29.3 Å². The number of nitrogens with one attached hydrogen (secondary N) is 1. The lowest BCUT2D eigenvalue weighted by atomic mass is 10.2. The van der Waals surface area contributed by atoms with Crippen LogP contribution in [0.4, 0.5) is 32.0 Å². The summed E-state index contributed by atoms with van der Waals surface area (Å²) < 4.78 is 79.3. The Morgan fingerprint density at radius 3 is 2.22 bits per heavy atom. The van der Waals surface area contributed by atoms with E-state index in [1.54, 1.807) is 0 Å². The van der Waals surface area contributed by atoms with Gasteiger partial charge in [-0.25, -0.2) is 13.2 Å². The summed E-state index contributed by atoms with van der Waals surface area (Å²) in [4.78, 5) is 4.04. The van der Waals surface area contributed by atoms with Gasteiger partial charge in [0.15, 0.2) is 5.69 Å². The topological polar surface area (TPSA) is 42.7 Å². The monoisotopic (exact) mass is 386 g/mol. The van der Waals surface area contributed by atoms with Crippen LogP contribution in [0, 0.1) is 17.5 Å². The molecule has 2 heterocycles. The maximum absolute atomic E-state index is 13.6. The summed E-state index contributed by atoms with van der Waals surface area (Å²) in [6.07, 6.45) is -3.27. The molecule has 0 fully saturated rings. The number of alkyl halides is 3. The maximum atomic E-state index is 13.6. The molecule has 0 saturated carbocycles. The van der Waals surface area contributed by atoms with Crippen LogP contribution in [0.25, 0.3) is 11.4 Å². The van der Waals surface area contributed by atoms with Gasteiger partial charge < -0.3 is 5.32 Å². The summed E-state index contributed by atoms with van der Waals surface area (Å²) in [6, 6.07) is 4.95. The van der Waals surface area contributed by atoms with Crippen LogP contribution in [0.15, 0.2) is 36.5 Å². The van der Waals surface area contributed by atoms with Gasteiger partial charge >= 0.3 is 6.18 Å². The predicted molar refractivity (Wildman–Crippen MR) is 85.1 cm³/mol. The molecule has 0 spiro atoms. The van der Waals surface area contributed by atoms with E-state index in [1.807, 2.05) is 0 Å². The van der Waals surface area contributed by atoms with Crippen LogP contribution in [0.2, 0.25) is 0 Å². The normalized spacial score (nSPS) is 11.7. The van der Waals surface area contributed by atoms with Crippen molar-refractivity contribution in [2.24, 2.45) is 7.05 Å². The average Bonchev–Trinajstić information content (AvgIpc) is 2.96. The summed E-state index contributed by atoms with van der Waals surface area (Å²) >= 11 is 0. The van der Waals surface area contributed by atoms with E-state index in [1.165, 1.54) is 25.4 Å². The molecule has 4 nitrogen and oxygen atoms in total. The van der Waals surface area contributed by atoms with Crippen LogP contribution >= 0.6 is 0 Å². The first kappa shape index (κ1) is 18.7. The summed E-state index contributed by atoms with van der Waals surface area (Å²) in [5.74, 6) is -3.08. The number of rotatable bonds is 4. The van der Waals surface area contributed by atoms with E-state index in [0.717, 1.165) is 10.7 Å². The largest absolute Gasteiger partial charge is 0.435 e. The van der Waals surface area contributed by atoms with Crippen molar-refractivity contribution < 1.29 is 26.3 Å². The summed E-state index contributed by atoms with van der Waals surface area (Å²) in [5, 5.41) is 6.12. The number of benzene rings is 1. The van der Waals surface area contributed by atoms with Crippen molar-refractivity contribution in [2.45, 2.75) is 12.7 Å². The van der Waals surface area contributed by atoms with Crippen LogP contribution in [0.3, 0.4) is 0 Å². The highest BCUT2D eigenvalue weighted by Crippen LogP contribution is 2.31. The van der Waals surface area contributed by atoms with Gasteiger partial charge in [-0.3, -0.25) is 9.67 Å². The van der Waals surface area contributed by atoms with E-state index in [-0.39, 0.29) is 23.5 Å². The Kier molecular flexibility index (Phi) is 4.81. The van der Waals surface area contributed by atoms with Gasteiger partial charge in [0, 0.05) is 31.3 Å². The zero-order valence-electron chi connectivity index (χ0n) is 13.8. The molecule has 27 heavy (non-hydrogen) atoms. The molecule has 0 aliphatic carbocycles. The molecule has 0 aliphatic rings. The first-order valence-corrected chi connectivity index (χ1v) is 7.60. The highest BCUT2D eigenvalue weighted by atomic mass is 19.4. The fraction of sp³-hybridized carbons (Fsp3) is 0.176. The molecule has 10 heteroatoms. The van der Waals surface area contributed by atoms with Gasteiger partial charge in [0.25, 0.3) is 0 Å². The highest BCUT2D eigenvalue weighted by Gasteiger charge is 2.34. The van der Waals surface area contributed by atoms with Crippen molar-refractivity contribution in [2.75, 3.05) is 5.32 Å². The number of hydrogen-bond donors (Lipinski definition) is 1. The molecule has 0 atom stereocenters. The number of nitrogens with zero attached hydrogens (tertiary/aromatic N) is 3. The molecule has 0 unspecified atom stereocenters. The fourth-order valence-electron chi connectivity index (χ4n) is 2.43. The van der Waals surface area contributed by atoms with Crippen molar-refractivity contribution in [3.8, 4) is 11.4 Å². The van der Waals surface area contributed by atoms with Crippen molar-refractivity contribution in [3.05, 3.63) is 65.2 Å². The van der Waals surface area contributed by atoms with Crippen LogP contribution in [0.5, 0.6) is 0 Å². The van der Waals surface area contributed by atoms with Gasteiger partial charge in [0.1, 0.15) is 17.5 Å². The second kappa shape index (κ2) is 6.93. The van der Waals surface area contributed by atoms with Crippen LogP contribution in [-0.4, -0.2) is 14.8 Å². The Balaban J connectivity index is 1.76. The van der Waals surface area contributed by atoms with Crippen molar-refractivity contribution >= 4 is 5.69 Å². The molecule has 3 rings (SSSR count). The van der Waals surface area contributed by atoms with Crippen molar-refractivity contribution in [3.63, 3.8) is 0 Å². The summed E-state index contributed by atoms with van der Waals surface area (Å²) in [7, 11) is 1.36. The Hall–Kier alpha value is -3.04. The molecular formula is C17H12F6N4. The number of anilines is 1. The minimum Gasteiger partial charge on any atom is -0.379 e. The lowest BCUT2D eigenvalue weighted by Crippen LogP contribution is -2.06. The van der Waals surface area contributed by atoms with E-state index in [0.29, 0.717) is 17.8 Å². The molecule has 142 valence electrons. The lowest BCUT2D eigenvalue weighted by molar-refractivity contribution is -0.141. The molecule has 1 aromatic carbocycles. The lowest BCUT2D eigenvalue weighted by Gasteiger charge is -2.09. The fourth-order valence-corrected chi connectivity index (χ4v) is 2.43. The standard InChI is InChI=1S/C17H12F6N4/c1-27-15(6-16(26-27)17(21,22)23)14-3-2-10(7-25-14)24-8-11-12(19)4-9(18)5-13(11)20/h2-7,24H,8H2,1H3. The van der Waals surface area contributed by atoms with Crippen molar-refractivity contribution in [1.82, 2.24) is 14.8 Å². The van der Waals surface area contributed by atoms with Crippen LogP contribution in [0.1, 0.15) is 11.3 Å². The molecule has 2 aromatic heterocycles. The zero-order valence-corrected chi connectivity index (χ0v) is 13.8. The van der Waals surface area contributed by atoms with Gasteiger partial charge in [0.05, 0.1) is 23.3 Å². The zero-order chi connectivity index (χ0) is 19.8. The van der Waals surface area contributed by atoms with E-state index in [2.05, 4.69) is 15.4 Å². The molecule has 0 saturated heterocycles. The molecular weight excluding hydrogens is 374 g/mol. The van der Waals surface area contributed by atoms with Gasteiger partial charge in [-0.15, -0.1) is 0 Å². The van der Waals surface area contributed by atoms with Gasteiger partial charge in [-0.2, -0.15) is 18.3 Å². The SMILES string of the molecule is Cn1nc(C(F)(F)F)cc1-c1ccc(NCc2c(F)cc(F)cc2F)cn1. The van der Waals surface area contributed by atoms with Gasteiger partial charge in [-0.1, -0.05) is 0 Å². The van der Waals surface area contributed by atoms with Gasteiger partial charge in [0.2, 0.25) is 0 Å². The number of aryl methyl sites for hydroxylation is 1. The quantitative estimate of drug-likeness (QED) is 0.670. The predicted octanol–water partition coefficient (Wildman–Crippen LogP) is 4.53. The summed E-state index contributed by atoms with van der Waals surface area (Å²) in [6.45, 7) is -0.261. The Morgan fingerprint density at radius 2 is 1.70 bits per heavy atom. The summed E-state index contributed by atoms with van der Waals surface area (Å²) in [5.41, 5.74) is -0.608. The Labute approximate surface area is 149 Å². The second-order valence-corrected chi connectivity index (χ2v) is 5.67. The van der Waals surface area contributed by atoms with Crippen molar-refractivity contribution in [1.29, 1.82) is 0 Å². The van der Waals surface area contributed by atoms with E-state index in [9.17, 15) is 26.3 Å². The smallest absolute Gasteiger partial charge is 0.379 e. The first-order chi connectivity index (χ1) is 12.6. The number of hydrogen-bond acceptors (Lipinski definition) is 3. The number of aromatic nitrogens is 3. The average molecular weight is 386 g/mol. The molecule has 0 amide bonds. The molecule has 0 aliphatic heterocycles. The molecule has 0 bridgehead atoms. The number of pyridine rings is 1. The maximum Gasteiger partial charge on any atom is 0.435 e. The van der Waals surface area contributed by atoms with E-state index in [4.69, 9.17) is 0 Å². The minimum atomic E-state index is -4.57. The van der Waals surface area contributed by atoms with Crippen LogP contribution < -0.4 is 5.32 Å². The van der Waals surface area contributed by atoms with Gasteiger partial charge in [-0.05, 0) is 18.2 Å². The third kappa shape index (κ3) is 4.04. The minimum absolute atomic E-state index is 0.157. The molecule has 0 radical (unpaired) electrons. The Morgan fingerprint density at radius 1 is 1.04 bits per heavy atom. The third-order valence-corrected chi connectivity index (χ3v) is 3.77. The number of halogens is 6. The molecule has 1 N–H and O–H groups in total. The Bertz CT molecular complexity index is 940. The van der Waals surface area contributed by atoms with E-state index >= 15 is 0 Å².